The van der Waals surface area contributed by atoms with E-state index >= 15 is 0 Å². The van der Waals surface area contributed by atoms with E-state index in [1.807, 2.05) is 24.3 Å². The zero-order valence-corrected chi connectivity index (χ0v) is 10.6. The summed E-state index contributed by atoms with van der Waals surface area (Å²) in [6, 6.07) is 8.15. The zero-order valence-electron chi connectivity index (χ0n) is 8.46. The maximum absolute atomic E-state index is 9.91. The third-order valence-corrected chi connectivity index (χ3v) is 2.67. The number of hydrogen-bond donors (Lipinski definition) is 1. The van der Waals surface area contributed by atoms with Gasteiger partial charge in [0.25, 0.3) is 0 Å². The Labute approximate surface area is 98.4 Å². The highest BCUT2D eigenvalue weighted by Gasteiger charge is 2.20. The van der Waals surface area contributed by atoms with Gasteiger partial charge in [-0.25, -0.2) is 0 Å². The Morgan fingerprint density at radius 2 is 1.93 bits per heavy atom. The molecular formula is C11H15IO2. The third kappa shape index (κ3) is 3.94. The molecule has 0 aliphatic heterocycles. The van der Waals surface area contributed by atoms with Gasteiger partial charge in [0.1, 0.15) is 0 Å². The van der Waals surface area contributed by atoms with Crippen LogP contribution in [-0.2, 0) is 11.2 Å². The van der Waals surface area contributed by atoms with Crippen molar-refractivity contribution in [1.82, 2.24) is 0 Å². The van der Waals surface area contributed by atoms with E-state index in [-0.39, 0.29) is 0 Å². The molecule has 0 aromatic heterocycles. The van der Waals surface area contributed by atoms with Gasteiger partial charge in [0, 0.05) is 17.1 Å². The molecule has 1 N–H and O–H groups in total. The van der Waals surface area contributed by atoms with Crippen LogP contribution in [-0.4, -0.2) is 24.4 Å². The van der Waals surface area contributed by atoms with E-state index in [4.69, 9.17) is 4.74 Å². The fourth-order valence-corrected chi connectivity index (χ4v) is 1.76. The maximum atomic E-state index is 9.91. The Balaban J connectivity index is 2.64. The highest BCUT2D eigenvalue weighted by molar-refractivity contribution is 14.1. The molecule has 1 aromatic rings. The van der Waals surface area contributed by atoms with Crippen molar-refractivity contribution in [3.8, 4) is 0 Å². The van der Waals surface area contributed by atoms with Crippen molar-refractivity contribution in [3.05, 3.63) is 33.4 Å². The normalized spacial score (nSPS) is 15.1. The summed E-state index contributed by atoms with van der Waals surface area (Å²) in [6.45, 7) is 2.15. The van der Waals surface area contributed by atoms with Gasteiger partial charge in [0.05, 0.1) is 12.2 Å². The largest absolute Gasteiger partial charge is 0.387 e. The van der Waals surface area contributed by atoms with Gasteiger partial charge in [-0.2, -0.15) is 0 Å². The van der Waals surface area contributed by atoms with E-state index in [1.165, 1.54) is 3.57 Å². The van der Waals surface area contributed by atoms with Gasteiger partial charge in [0.2, 0.25) is 0 Å². The Hall–Kier alpha value is -0.130. The quantitative estimate of drug-likeness (QED) is 0.865. The molecular weight excluding hydrogens is 291 g/mol. The summed E-state index contributed by atoms with van der Waals surface area (Å²) in [5.74, 6) is 0. The lowest BCUT2D eigenvalue weighted by molar-refractivity contribution is -0.0161. The van der Waals surface area contributed by atoms with E-state index in [0.29, 0.717) is 13.0 Å². The molecule has 0 fully saturated rings. The van der Waals surface area contributed by atoms with Crippen LogP contribution in [0.15, 0.2) is 24.3 Å². The van der Waals surface area contributed by atoms with Crippen LogP contribution in [0.4, 0.5) is 0 Å². The molecule has 0 bridgehead atoms. The standard InChI is InChI=1S/C11H15IO2/c1-11(13,8-14-2)7-9-3-5-10(12)6-4-9/h3-6,13H,7-8H2,1-2H3. The summed E-state index contributed by atoms with van der Waals surface area (Å²) in [5, 5.41) is 9.91. The summed E-state index contributed by atoms with van der Waals surface area (Å²) >= 11 is 2.26. The number of halogens is 1. The fourth-order valence-electron chi connectivity index (χ4n) is 1.40. The molecule has 1 unspecified atom stereocenters. The lowest BCUT2D eigenvalue weighted by Gasteiger charge is -2.22. The molecule has 2 nitrogen and oxygen atoms in total. The smallest absolute Gasteiger partial charge is 0.0892 e. The summed E-state index contributed by atoms with van der Waals surface area (Å²) in [4.78, 5) is 0. The second-order valence-corrected chi connectivity index (χ2v) is 4.98. The number of methoxy groups -OCH3 is 1. The topological polar surface area (TPSA) is 29.5 Å². The molecule has 1 aromatic carbocycles. The maximum Gasteiger partial charge on any atom is 0.0892 e. The van der Waals surface area contributed by atoms with Gasteiger partial charge in [-0.3, -0.25) is 0 Å². The Morgan fingerprint density at radius 1 is 1.36 bits per heavy atom. The summed E-state index contributed by atoms with van der Waals surface area (Å²) < 4.78 is 6.16. The summed E-state index contributed by atoms with van der Waals surface area (Å²) in [7, 11) is 1.60. The molecule has 0 aliphatic rings. The fraction of sp³-hybridized carbons (Fsp3) is 0.455. The second-order valence-electron chi connectivity index (χ2n) is 3.73. The van der Waals surface area contributed by atoms with Gasteiger partial charge < -0.3 is 9.84 Å². The zero-order chi connectivity index (χ0) is 10.6. The van der Waals surface area contributed by atoms with Gasteiger partial charge in [-0.05, 0) is 47.2 Å². The van der Waals surface area contributed by atoms with E-state index in [1.54, 1.807) is 14.0 Å². The van der Waals surface area contributed by atoms with Crippen LogP contribution < -0.4 is 0 Å². The van der Waals surface area contributed by atoms with Crippen molar-refractivity contribution in [2.24, 2.45) is 0 Å². The van der Waals surface area contributed by atoms with Crippen LogP contribution >= 0.6 is 22.6 Å². The van der Waals surface area contributed by atoms with Crippen molar-refractivity contribution in [3.63, 3.8) is 0 Å². The van der Waals surface area contributed by atoms with Crippen molar-refractivity contribution in [2.75, 3.05) is 13.7 Å². The molecule has 0 radical (unpaired) electrons. The lowest BCUT2D eigenvalue weighted by Crippen LogP contribution is -2.32. The monoisotopic (exact) mass is 306 g/mol. The third-order valence-electron chi connectivity index (χ3n) is 1.95. The minimum absolute atomic E-state index is 0.360. The van der Waals surface area contributed by atoms with E-state index < -0.39 is 5.60 Å². The molecule has 0 saturated carbocycles. The van der Waals surface area contributed by atoms with Crippen molar-refractivity contribution >= 4 is 22.6 Å². The SMILES string of the molecule is COCC(C)(O)Cc1ccc(I)cc1. The number of aliphatic hydroxyl groups is 1. The van der Waals surface area contributed by atoms with Gasteiger partial charge in [-0.15, -0.1) is 0 Å². The molecule has 78 valence electrons. The predicted molar refractivity (Wildman–Crippen MR) is 65.4 cm³/mol. The van der Waals surface area contributed by atoms with E-state index in [2.05, 4.69) is 22.6 Å². The molecule has 0 spiro atoms. The number of rotatable bonds is 4. The van der Waals surface area contributed by atoms with Crippen LogP contribution in [0.25, 0.3) is 0 Å². The Kier molecular flexibility index (Phi) is 4.34. The predicted octanol–water partition coefficient (Wildman–Crippen LogP) is 2.23. The summed E-state index contributed by atoms with van der Waals surface area (Å²) in [6.07, 6.45) is 0.623. The first-order chi connectivity index (χ1) is 6.53. The Bertz CT molecular complexity index is 280. The van der Waals surface area contributed by atoms with Crippen LogP contribution in [0.5, 0.6) is 0 Å². The van der Waals surface area contributed by atoms with Crippen molar-refractivity contribution in [1.29, 1.82) is 0 Å². The number of benzene rings is 1. The highest BCUT2D eigenvalue weighted by Crippen LogP contribution is 2.14. The van der Waals surface area contributed by atoms with Gasteiger partial charge >= 0.3 is 0 Å². The molecule has 0 heterocycles. The minimum atomic E-state index is -0.776. The molecule has 0 amide bonds. The minimum Gasteiger partial charge on any atom is -0.387 e. The van der Waals surface area contributed by atoms with Crippen LogP contribution in [0.2, 0.25) is 0 Å². The molecule has 0 saturated heterocycles. The average Bonchev–Trinajstić information content (AvgIpc) is 2.08. The van der Waals surface area contributed by atoms with E-state index in [0.717, 1.165) is 5.56 Å². The number of ether oxygens (including phenoxy) is 1. The van der Waals surface area contributed by atoms with E-state index in [9.17, 15) is 5.11 Å². The first-order valence-electron chi connectivity index (χ1n) is 4.49. The molecule has 3 heteroatoms. The Morgan fingerprint density at radius 3 is 2.43 bits per heavy atom. The van der Waals surface area contributed by atoms with Crippen LogP contribution in [0.3, 0.4) is 0 Å². The first-order valence-corrected chi connectivity index (χ1v) is 5.57. The number of hydrogen-bond acceptors (Lipinski definition) is 2. The molecule has 1 atom stereocenters. The lowest BCUT2D eigenvalue weighted by atomic mass is 9.98. The van der Waals surface area contributed by atoms with Gasteiger partial charge in [-0.1, -0.05) is 12.1 Å². The van der Waals surface area contributed by atoms with Crippen LogP contribution in [0.1, 0.15) is 12.5 Å². The highest BCUT2D eigenvalue weighted by atomic mass is 127. The second kappa shape index (κ2) is 5.09. The first kappa shape index (κ1) is 11.9. The van der Waals surface area contributed by atoms with Crippen molar-refractivity contribution in [2.45, 2.75) is 18.9 Å². The summed E-state index contributed by atoms with van der Waals surface area (Å²) in [5.41, 5.74) is 0.356. The van der Waals surface area contributed by atoms with Crippen molar-refractivity contribution < 1.29 is 9.84 Å². The molecule has 0 aliphatic carbocycles. The molecule has 1 rings (SSSR count). The van der Waals surface area contributed by atoms with Gasteiger partial charge in [0.15, 0.2) is 0 Å². The van der Waals surface area contributed by atoms with Crippen LogP contribution in [0, 0.1) is 3.57 Å². The average molecular weight is 306 g/mol. The molecule has 14 heavy (non-hydrogen) atoms.